The number of aromatic nitrogens is 2. The molecule has 8 heteroatoms. The van der Waals surface area contributed by atoms with Crippen LogP contribution in [0.25, 0.3) is 0 Å². The van der Waals surface area contributed by atoms with Gasteiger partial charge in [0.15, 0.2) is 4.34 Å². The number of carbonyl (C=O) groups excluding carboxylic acids is 1. The van der Waals surface area contributed by atoms with Crippen molar-refractivity contribution >= 4 is 39.8 Å². The summed E-state index contributed by atoms with van der Waals surface area (Å²) < 4.78 is 0.734. The summed E-state index contributed by atoms with van der Waals surface area (Å²) in [5.74, 6) is 0.351. The van der Waals surface area contributed by atoms with Crippen molar-refractivity contribution in [2.75, 3.05) is 17.2 Å². The average Bonchev–Trinajstić information content (AvgIpc) is 3.00. The first kappa shape index (κ1) is 18.2. The normalized spacial score (nSPS) is 11.8. The monoisotopic (exact) mass is 361 g/mol. The molecule has 0 aliphatic heterocycles. The van der Waals surface area contributed by atoms with Crippen LogP contribution in [0.5, 0.6) is 0 Å². The maximum Gasteiger partial charge on any atom is 0.237 e. The Morgan fingerprint density at radius 1 is 1.33 bits per heavy atom. The first-order chi connectivity index (χ1) is 11.5. The molecular weight excluding hydrogens is 342 g/mol. The van der Waals surface area contributed by atoms with Crippen LogP contribution in [0, 0.1) is 17.2 Å². The molecule has 1 aromatic heterocycles. The van der Waals surface area contributed by atoms with Gasteiger partial charge in [0.2, 0.25) is 11.0 Å². The SMILES string of the molecule is CC(C)CNc1nnc(SC(C)C(=O)Nc2ccccc2C#N)s1. The zero-order chi connectivity index (χ0) is 17.5. The van der Waals surface area contributed by atoms with Gasteiger partial charge in [-0.25, -0.2) is 0 Å². The van der Waals surface area contributed by atoms with Gasteiger partial charge in [-0.2, -0.15) is 5.26 Å². The van der Waals surface area contributed by atoms with E-state index < -0.39 is 0 Å². The van der Waals surface area contributed by atoms with Crippen LogP contribution in [-0.2, 0) is 4.79 Å². The Kier molecular flexibility index (Phi) is 6.58. The average molecular weight is 361 g/mol. The summed E-state index contributed by atoms with van der Waals surface area (Å²) in [5, 5.41) is 23.7. The van der Waals surface area contributed by atoms with E-state index in [1.807, 2.05) is 0 Å². The minimum absolute atomic E-state index is 0.172. The third-order valence-electron chi connectivity index (χ3n) is 3.02. The number of anilines is 2. The topological polar surface area (TPSA) is 90.7 Å². The van der Waals surface area contributed by atoms with Crippen LogP contribution < -0.4 is 10.6 Å². The molecule has 2 aromatic rings. The van der Waals surface area contributed by atoms with E-state index in [4.69, 9.17) is 5.26 Å². The largest absolute Gasteiger partial charge is 0.360 e. The Morgan fingerprint density at radius 3 is 2.79 bits per heavy atom. The maximum atomic E-state index is 12.3. The number of carbonyl (C=O) groups is 1. The van der Waals surface area contributed by atoms with Crippen LogP contribution in [0.4, 0.5) is 10.8 Å². The fourth-order valence-electron chi connectivity index (χ4n) is 1.75. The van der Waals surface area contributed by atoms with Gasteiger partial charge in [-0.1, -0.05) is 49.1 Å². The number of para-hydroxylation sites is 1. The highest BCUT2D eigenvalue weighted by atomic mass is 32.2. The third kappa shape index (κ3) is 5.22. The number of amides is 1. The lowest BCUT2D eigenvalue weighted by Crippen LogP contribution is -2.22. The molecule has 2 N–H and O–H groups in total. The molecule has 1 unspecified atom stereocenters. The Hall–Kier alpha value is -2.11. The predicted molar refractivity (Wildman–Crippen MR) is 98.3 cm³/mol. The first-order valence-electron chi connectivity index (χ1n) is 7.53. The molecule has 1 aromatic carbocycles. The zero-order valence-electron chi connectivity index (χ0n) is 13.7. The van der Waals surface area contributed by atoms with Crippen LogP contribution in [0.2, 0.25) is 0 Å². The highest BCUT2D eigenvalue weighted by Gasteiger charge is 2.18. The summed E-state index contributed by atoms with van der Waals surface area (Å²) in [6.07, 6.45) is 0. The number of thioether (sulfide) groups is 1. The number of hydrogen-bond acceptors (Lipinski definition) is 7. The van der Waals surface area contributed by atoms with E-state index in [2.05, 4.69) is 40.7 Å². The molecule has 1 atom stereocenters. The van der Waals surface area contributed by atoms with Gasteiger partial charge in [0.1, 0.15) is 6.07 Å². The van der Waals surface area contributed by atoms with Crippen molar-refractivity contribution in [3.63, 3.8) is 0 Å². The second kappa shape index (κ2) is 8.66. The van der Waals surface area contributed by atoms with E-state index in [0.29, 0.717) is 17.2 Å². The lowest BCUT2D eigenvalue weighted by atomic mass is 10.2. The second-order valence-corrected chi connectivity index (χ2v) is 8.12. The highest BCUT2D eigenvalue weighted by molar-refractivity contribution is 8.02. The number of benzene rings is 1. The van der Waals surface area contributed by atoms with Crippen LogP contribution >= 0.6 is 23.1 Å². The van der Waals surface area contributed by atoms with Gasteiger partial charge in [-0.15, -0.1) is 10.2 Å². The zero-order valence-corrected chi connectivity index (χ0v) is 15.4. The summed E-state index contributed by atoms with van der Waals surface area (Å²) in [7, 11) is 0. The fraction of sp³-hybridized carbons (Fsp3) is 0.375. The van der Waals surface area contributed by atoms with Crippen molar-refractivity contribution in [2.24, 2.45) is 5.92 Å². The smallest absolute Gasteiger partial charge is 0.237 e. The van der Waals surface area contributed by atoms with Gasteiger partial charge in [-0.05, 0) is 25.0 Å². The fourth-order valence-corrected chi connectivity index (χ4v) is 3.65. The molecule has 0 saturated carbocycles. The van der Waals surface area contributed by atoms with Crippen molar-refractivity contribution < 1.29 is 4.79 Å². The molecule has 1 amide bonds. The molecule has 0 bridgehead atoms. The number of nitrogens with zero attached hydrogens (tertiary/aromatic N) is 3. The number of nitrogens with one attached hydrogen (secondary N) is 2. The summed E-state index contributed by atoms with van der Waals surface area (Å²) in [5.41, 5.74) is 0.966. The molecule has 0 aliphatic carbocycles. The highest BCUT2D eigenvalue weighted by Crippen LogP contribution is 2.29. The van der Waals surface area contributed by atoms with E-state index in [0.717, 1.165) is 16.0 Å². The molecule has 0 radical (unpaired) electrons. The quantitative estimate of drug-likeness (QED) is 0.732. The molecule has 0 aliphatic rings. The molecule has 0 fully saturated rings. The van der Waals surface area contributed by atoms with Gasteiger partial charge in [0, 0.05) is 6.54 Å². The van der Waals surface area contributed by atoms with Crippen molar-refractivity contribution in [3.8, 4) is 6.07 Å². The Balaban J connectivity index is 1.93. The second-order valence-electron chi connectivity index (χ2n) is 5.55. The molecule has 126 valence electrons. The summed E-state index contributed by atoms with van der Waals surface area (Å²) in [4.78, 5) is 12.3. The molecule has 2 rings (SSSR count). The van der Waals surface area contributed by atoms with Crippen LogP contribution in [0.15, 0.2) is 28.6 Å². The number of nitriles is 1. The van der Waals surface area contributed by atoms with Gasteiger partial charge < -0.3 is 10.6 Å². The molecule has 1 heterocycles. The number of rotatable bonds is 7. The predicted octanol–water partition coefficient (Wildman–Crippen LogP) is 3.60. The van der Waals surface area contributed by atoms with Crippen molar-refractivity contribution in [1.29, 1.82) is 5.26 Å². The molecule has 0 saturated heterocycles. The molecular formula is C16H19N5OS2. The Bertz CT molecular complexity index is 738. The van der Waals surface area contributed by atoms with E-state index in [-0.39, 0.29) is 11.2 Å². The van der Waals surface area contributed by atoms with Crippen LogP contribution in [-0.4, -0.2) is 27.9 Å². The van der Waals surface area contributed by atoms with E-state index >= 15 is 0 Å². The number of hydrogen-bond donors (Lipinski definition) is 2. The van der Waals surface area contributed by atoms with E-state index in [1.54, 1.807) is 31.2 Å². The molecule has 0 spiro atoms. The Morgan fingerprint density at radius 2 is 2.08 bits per heavy atom. The summed E-state index contributed by atoms with van der Waals surface area (Å²) in [6.45, 7) is 6.88. The van der Waals surface area contributed by atoms with Gasteiger partial charge in [0.25, 0.3) is 0 Å². The summed E-state index contributed by atoms with van der Waals surface area (Å²) >= 11 is 2.78. The lowest BCUT2D eigenvalue weighted by molar-refractivity contribution is -0.115. The minimum Gasteiger partial charge on any atom is -0.360 e. The van der Waals surface area contributed by atoms with Crippen molar-refractivity contribution in [1.82, 2.24) is 10.2 Å². The Labute approximate surface area is 149 Å². The minimum atomic E-state index is -0.345. The molecule has 6 nitrogen and oxygen atoms in total. The lowest BCUT2D eigenvalue weighted by Gasteiger charge is -2.11. The standard InChI is InChI=1S/C16H19N5OS2/c1-10(2)9-18-15-20-21-16(24-15)23-11(3)14(22)19-13-7-5-4-6-12(13)8-17/h4-7,10-11H,9H2,1-3H3,(H,18,20)(H,19,22). The van der Waals surface area contributed by atoms with Crippen molar-refractivity contribution in [3.05, 3.63) is 29.8 Å². The maximum absolute atomic E-state index is 12.3. The van der Waals surface area contributed by atoms with Crippen molar-refractivity contribution in [2.45, 2.75) is 30.4 Å². The van der Waals surface area contributed by atoms with Crippen LogP contribution in [0.3, 0.4) is 0 Å². The third-order valence-corrected chi connectivity index (χ3v) is 5.09. The van der Waals surface area contributed by atoms with Gasteiger partial charge >= 0.3 is 0 Å². The van der Waals surface area contributed by atoms with Gasteiger partial charge in [-0.3, -0.25) is 4.79 Å². The summed E-state index contributed by atoms with van der Waals surface area (Å²) in [6, 6.07) is 9.00. The van der Waals surface area contributed by atoms with E-state index in [9.17, 15) is 4.79 Å². The first-order valence-corrected chi connectivity index (χ1v) is 9.23. The van der Waals surface area contributed by atoms with Gasteiger partial charge in [0.05, 0.1) is 16.5 Å². The molecule has 24 heavy (non-hydrogen) atoms. The van der Waals surface area contributed by atoms with E-state index in [1.165, 1.54) is 23.1 Å². The van der Waals surface area contributed by atoms with Crippen LogP contribution in [0.1, 0.15) is 26.3 Å².